The lowest BCUT2D eigenvalue weighted by Crippen LogP contribution is -2.55. The quantitative estimate of drug-likeness (QED) is 0.852. The van der Waals surface area contributed by atoms with Crippen LogP contribution in [-0.4, -0.2) is 36.0 Å². The second kappa shape index (κ2) is 7.57. The molecular formula is C16H22ClFN2O. The molecule has 0 radical (unpaired) electrons. The van der Waals surface area contributed by atoms with E-state index < -0.39 is 0 Å². The lowest BCUT2D eigenvalue weighted by molar-refractivity contribution is -0.127. The molecule has 5 heteroatoms. The van der Waals surface area contributed by atoms with Crippen molar-refractivity contribution in [3.05, 3.63) is 41.7 Å². The van der Waals surface area contributed by atoms with E-state index in [-0.39, 0.29) is 24.1 Å². The molecule has 21 heavy (non-hydrogen) atoms. The lowest BCUT2D eigenvalue weighted by atomic mass is 10.1. The summed E-state index contributed by atoms with van der Waals surface area (Å²) in [6, 6.07) is 6.91. The molecule has 3 nitrogen and oxygen atoms in total. The molecule has 0 aromatic heterocycles. The fourth-order valence-corrected chi connectivity index (χ4v) is 2.60. The third-order valence-electron chi connectivity index (χ3n) is 3.49. The van der Waals surface area contributed by atoms with E-state index >= 15 is 0 Å². The molecule has 1 aromatic carbocycles. The van der Waals surface area contributed by atoms with Gasteiger partial charge >= 0.3 is 0 Å². The minimum Gasteiger partial charge on any atom is -0.336 e. The average Bonchev–Trinajstić information content (AvgIpc) is 2.37. The summed E-state index contributed by atoms with van der Waals surface area (Å²) < 4.78 is 13.2. The smallest absolute Gasteiger partial charge is 0.246 e. The number of allylic oxidation sites excluding steroid dienone is 1. The van der Waals surface area contributed by atoms with Gasteiger partial charge in [0.25, 0.3) is 0 Å². The first-order chi connectivity index (χ1) is 9.45. The number of carbonyl (C=O) groups is 1. The predicted molar refractivity (Wildman–Crippen MR) is 85.9 cm³/mol. The third-order valence-corrected chi connectivity index (χ3v) is 3.49. The number of rotatable bonds is 2. The SMILES string of the molecule is C/C(=C/C(=O)N1CC(C)NC(C)C1)c1cccc(F)c1.Cl. The van der Waals surface area contributed by atoms with Gasteiger partial charge in [0, 0.05) is 31.2 Å². The largest absolute Gasteiger partial charge is 0.336 e. The first-order valence-electron chi connectivity index (χ1n) is 6.95. The number of nitrogens with one attached hydrogen (secondary N) is 1. The van der Waals surface area contributed by atoms with Gasteiger partial charge in [-0.05, 0) is 44.0 Å². The molecule has 1 aromatic rings. The third kappa shape index (κ3) is 4.83. The van der Waals surface area contributed by atoms with Crippen molar-refractivity contribution in [2.75, 3.05) is 13.1 Å². The standard InChI is InChI=1S/C16H21FN2O.ClH/c1-11(14-5-4-6-15(17)8-14)7-16(20)19-9-12(2)18-13(3)10-19;/h4-8,12-13,18H,9-10H2,1-3H3;1H/b11-7-;. The minimum atomic E-state index is -0.285. The second-order valence-electron chi connectivity index (χ2n) is 5.55. The molecule has 0 bridgehead atoms. The summed E-state index contributed by atoms with van der Waals surface area (Å²) >= 11 is 0. The van der Waals surface area contributed by atoms with Crippen LogP contribution in [0.25, 0.3) is 5.57 Å². The van der Waals surface area contributed by atoms with Gasteiger partial charge in [0.05, 0.1) is 0 Å². The van der Waals surface area contributed by atoms with Gasteiger partial charge < -0.3 is 10.2 Å². The van der Waals surface area contributed by atoms with Crippen molar-refractivity contribution >= 4 is 23.9 Å². The topological polar surface area (TPSA) is 32.3 Å². The Bertz CT molecular complexity index is 523. The van der Waals surface area contributed by atoms with Gasteiger partial charge in [-0.25, -0.2) is 4.39 Å². The van der Waals surface area contributed by atoms with E-state index in [1.54, 1.807) is 12.1 Å². The molecule has 0 spiro atoms. The Balaban J connectivity index is 0.00000220. The van der Waals surface area contributed by atoms with Gasteiger partial charge in [-0.15, -0.1) is 12.4 Å². The molecular weight excluding hydrogens is 291 g/mol. The maximum atomic E-state index is 13.2. The summed E-state index contributed by atoms with van der Waals surface area (Å²) in [6.45, 7) is 7.38. The van der Waals surface area contributed by atoms with Gasteiger partial charge in [-0.3, -0.25) is 4.79 Å². The van der Waals surface area contributed by atoms with E-state index in [1.165, 1.54) is 12.1 Å². The number of nitrogens with zero attached hydrogens (tertiary/aromatic N) is 1. The van der Waals surface area contributed by atoms with Crippen molar-refractivity contribution in [1.82, 2.24) is 10.2 Å². The van der Waals surface area contributed by atoms with Crippen LogP contribution in [0.4, 0.5) is 4.39 Å². The van der Waals surface area contributed by atoms with Crippen LogP contribution in [-0.2, 0) is 4.79 Å². The molecule has 1 aliphatic heterocycles. The molecule has 1 saturated heterocycles. The zero-order valence-corrected chi connectivity index (χ0v) is 13.4. The van der Waals surface area contributed by atoms with Crippen molar-refractivity contribution < 1.29 is 9.18 Å². The van der Waals surface area contributed by atoms with Crippen molar-refractivity contribution in [3.63, 3.8) is 0 Å². The first-order valence-corrected chi connectivity index (χ1v) is 6.95. The molecule has 116 valence electrons. The Morgan fingerprint density at radius 3 is 2.52 bits per heavy atom. The van der Waals surface area contributed by atoms with E-state index in [2.05, 4.69) is 19.2 Å². The van der Waals surface area contributed by atoms with Crippen LogP contribution in [0, 0.1) is 5.82 Å². The lowest BCUT2D eigenvalue weighted by Gasteiger charge is -2.35. The number of piperazine rings is 1. The average molecular weight is 313 g/mol. The van der Waals surface area contributed by atoms with Crippen molar-refractivity contribution in [3.8, 4) is 0 Å². The summed E-state index contributed by atoms with van der Waals surface area (Å²) in [6.07, 6.45) is 1.60. The van der Waals surface area contributed by atoms with Gasteiger partial charge in [0.2, 0.25) is 5.91 Å². The zero-order chi connectivity index (χ0) is 14.7. The fraction of sp³-hybridized carbons (Fsp3) is 0.438. The monoisotopic (exact) mass is 312 g/mol. The summed E-state index contributed by atoms with van der Waals surface area (Å²) in [7, 11) is 0. The van der Waals surface area contributed by atoms with E-state index in [1.807, 2.05) is 17.9 Å². The highest BCUT2D eigenvalue weighted by Crippen LogP contribution is 2.16. The first kappa shape index (κ1) is 17.7. The summed E-state index contributed by atoms with van der Waals surface area (Å²) in [5, 5.41) is 3.39. The Morgan fingerprint density at radius 1 is 1.33 bits per heavy atom. The molecule has 0 saturated carbocycles. The normalized spacial score (nSPS) is 22.7. The van der Waals surface area contributed by atoms with Crippen molar-refractivity contribution in [2.45, 2.75) is 32.9 Å². The highest BCUT2D eigenvalue weighted by molar-refractivity contribution is 5.95. The molecule has 2 rings (SSSR count). The molecule has 2 unspecified atom stereocenters. The van der Waals surface area contributed by atoms with E-state index in [4.69, 9.17) is 0 Å². The van der Waals surface area contributed by atoms with Crippen LogP contribution in [0.1, 0.15) is 26.3 Å². The van der Waals surface area contributed by atoms with Gasteiger partial charge in [0.1, 0.15) is 5.82 Å². The molecule has 1 amide bonds. The molecule has 1 fully saturated rings. The number of hydrogen-bond donors (Lipinski definition) is 1. The van der Waals surface area contributed by atoms with Crippen LogP contribution in [0.2, 0.25) is 0 Å². The van der Waals surface area contributed by atoms with Crippen LogP contribution in [0.5, 0.6) is 0 Å². The van der Waals surface area contributed by atoms with Gasteiger partial charge in [0.15, 0.2) is 0 Å². The maximum Gasteiger partial charge on any atom is 0.246 e. The molecule has 1 N–H and O–H groups in total. The van der Waals surface area contributed by atoms with Gasteiger partial charge in [-0.1, -0.05) is 12.1 Å². The number of hydrogen-bond acceptors (Lipinski definition) is 2. The molecule has 0 aliphatic carbocycles. The predicted octanol–water partition coefficient (Wildman–Crippen LogP) is 2.86. The van der Waals surface area contributed by atoms with Crippen LogP contribution in [0.3, 0.4) is 0 Å². The Morgan fingerprint density at radius 2 is 1.95 bits per heavy atom. The van der Waals surface area contributed by atoms with Gasteiger partial charge in [-0.2, -0.15) is 0 Å². The number of carbonyl (C=O) groups excluding carboxylic acids is 1. The Kier molecular flexibility index (Phi) is 6.37. The zero-order valence-electron chi connectivity index (χ0n) is 12.6. The summed E-state index contributed by atoms with van der Waals surface area (Å²) in [5.74, 6) is -0.293. The number of amides is 1. The highest BCUT2D eigenvalue weighted by atomic mass is 35.5. The van der Waals surface area contributed by atoms with Crippen molar-refractivity contribution in [1.29, 1.82) is 0 Å². The second-order valence-corrected chi connectivity index (χ2v) is 5.55. The summed E-state index contributed by atoms with van der Waals surface area (Å²) in [5.41, 5.74) is 1.53. The van der Waals surface area contributed by atoms with E-state index in [9.17, 15) is 9.18 Å². The maximum absolute atomic E-state index is 13.2. The Hall–Kier alpha value is -1.39. The molecule has 1 heterocycles. The molecule has 1 aliphatic rings. The highest BCUT2D eigenvalue weighted by Gasteiger charge is 2.23. The minimum absolute atomic E-state index is 0. The van der Waals surface area contributed by atoms with Crippen LogP contribution >= 0.6 is 12.4 Å². The number of benzene rings is 1. The summed E-state index contributed by atoms with van der Waals surface area (Å²) in [4.78, 5) is 14.1. The molecule has 2 atom stereocenters. The Labute approximate surface area is 131 Å². The van der Waals surface area contributed by atoms with Crippen molar-refractivity contribution in [2.24, 2.45) is 0 Å². The van der Waals surface area contributed by atoms with E-state index in [0.717, 1.165) is 11.1 Å². The van der Waals surface area contributed by atoms with Crippen LogP contribution < -0.4 is 5.32 Å². The van der Waals surface area contributed by atoms with Crippen LogP contribution in [0.15, 0.2) is 30.3 Å². The number of halogens is 2. The fourth-order valence-electron chi connectivity index (χ4n) is 2.60. The van der Waals surface area contributed by atoms with E-state index in [0.29, 0.717) is 25.2 Å².